The third kappa shape index (κ3) is 4.62. The summed E-state index contributed by atoms with van der Waals surface area (Å²) in [6.45, 7) is 4.69. The number of esters is 1. The highest BCUT2D eigenvalue weighted by Crippen LogP contribution is 2.24. The largest absolute Gasteiger partial charge is 0.462 e. The Bertz CT molecular complexity index is 571. The summed E-state index contributed by atoms with van der Waals surface area (Å²) >= 11 is 2.05. The Kier molecular flexibility index (Phi) is 6.25. The number of rotatable bonds is 6. The smallest absolute Gasteiger partial charge is 0.327 e. The third-order valence-electron chi connectivity index (χ3n) is 2.46. The van der Waals surface area contributed by atoms with Crippen LogP contribution in [0.5, 0.6) is 0 Å². The zero-order valence-corrected chi connectivity index (χ0v) is 14.6. The van der Waals surface area contributed by atoms with Gasteiger partial charge in [-0.15, -0.1) is 0 Å². The van der Waals surface area contributed by atoms with Crippen LogP contribution in [0.25, 0.3) is 0 Å². The van der Waals surface area contributed by atoms with E-state index in [0.717, 1.165) is 7.88 Å². The standard InChI is InChI=1S/C13H18INO4S/c1-4-20(17,18)15(9-13(16)19-10(2)3)12-8-6-5-7-11(12)14/h5-8,10H,4,9H2,1-3H3. The van der Waals surface area contributed by atoms with Gasteiger partial charge in [0.05, 0.1) is 17.5 Å². The van der Waals surface area contributed by atoms with Crippen LogP contribution in [0.1, 0.15) is 20.8 Å². The number of anilines is 1. The number of sulfonamides is 1. The summed E-state index contributed by atoms with van der Waals surface area (Å²) in [5, 5.41) is 0. The SMILES string of the molecule is CCS(=O)(=O)N(CC(=O)OC(C)C)c1ccccc1I. The highest BCUT2D eigenvalue weighted by molar-refractivity contribution is 14.1. The minimum absolute atomic E-state index is 0.0765. The van der Waals surface area contributed by atoms with E-state index in [9.17, 15) is 13.2 Å². The molecule has 0 spiro atoms. The van der Waals surface area contributed by atoms with E-state index in [4.69, 9.17) is 4.74 Å². The summed E-state index contributed by atoms with van der Waals surface area (Å²) in [5.41, 5.74) is 0.496. The maximum absolute atomic E-state index is 12.2. The molecular weight excluding hydrogens is 393 g/mol. The highest BCUT2D eigenvalue weighted by atomic mass is 127. The van der Waals surface area contributed by atoms with Crippen LogP contribution in [0.3, 0.4) is 0 Å². The lowest BCUT2D eigenvalue weighted by Crippen LogP contribution is -2.38. The predicted octanol–water partition coefficient (Wildman–Crippen LogP) is 2.40. The Hall–Kier alpha value is -0.830. The minimum Gasteiger partial charge on any atom is -0.462 e. The van der Waals surface area contributed by atoms with Gasteiger partial charge in [-0.3, -0.25) is 9.10 Å². The van der Waals surface area contributed by atoms with Crippen molar-refractivity contribution < 1.29 is 17.9 Å². The number of para-hydroxylation sites is 1. The van der Waals surface area contributed by atoms with Gasteiger partial charge in [-0.1, -0.05) is 12.1 Å². The number of halogens is 1. The maximum Gasteiger partial charge on any atom is 0.327 e. The Labute approximate surface area is 133 Å². The molecule has 0 aliphatic heterocycles. The second-order valence-electron chi connectivity index (χ2n) is 4.40. The van der Waals surface area contributed by atoms with Crippen molar-refractivity contribution in [2.75, 3.05) is 16.6 Å². The van der Waals surface area contributed by atoms with Gasteiger partial charge in [0, 0.05) is 3.57 Å². The first kappa shape index (κ1) is 17.2. The molecule has 0 amide bonds. The normalized spacial score (nSPS) is 11.4. The van der Waals surface area contributed by atoms with Gasteiger partial charge in [0.1, 0.15) is 6.54 Å². The molecule has 0 N–H and O–H groups in total. The van der Waals surface area contributed by atoms with Crippen LogP contribution in [0.15, 0.2) is 24.3 Å². The fourth-order valence-electron chi connectivity index (χ4n) is 1.56. The molecule has 1 rings (SSSR count). The van der Waals surface area contributed by atoms with Crippen LogP contribution in [-0.2, 0) is 19.6 Å². The molecule has 0 bridgehead atoms. The van der Waals surface area contributed by atoms with Gasteiger partial charge in [0.25, 0.3) is 0 Å². The number of ether oxygens (including phenoxy) is 1. The van der Waals surface area contributed by atoms with Crippen LogP contribution >= 0.6 is 22.6 Å². The molecule has 1 aromatic carbocycles. The van der Waals surface area contributed by atoms with Gasteiger partial charge in [0.2, 0.25) is 10.0 Å². The Morgan fingerprint density at radius 2 is 1.95 bits per heavy atom. The van der Waals surface area contributed by atoms with Gasteiger partial charge in [0.15, 0.2) is 0 Å². The monoisotopic (exact) mass is 411 g/mol. The number of carbonyl (C=O) groups excluding carboxylic acids is 1. The van der Waals surface area contributed by atoms with E-state index in [0.29, 0.717) is 5.69 Å². The molecule has 0 fully saturated rings. The number of carbonyl (C=O) groups is 1. The van der Waals surface area contributed by atoms with Crippen molar-refractivity contribution in [1.29, 1.82) is 0 Å². The van der Waals surface area contributed by atoms with E-state index in [2.05, 4.69) is 0 Å². The molecule has 5 nitrogen and oxygen atoms in total. The van der Waals surface area contributed by atoms with Crippen molar-refractivity contribution >= 4 is 44.3 Å². The summed E-state index contributed by atoms with van der Waals surface area (Å²) in [5.74, 6) is -0.635. The van der Waals surface area contributed by atoms with Gasteiger partial charge in [-0.05, 0) is 55.5 Å². The number of benzene rings is 1. The summed E-state index contributed by atoms with van der Waals surface area (Å²) in [4.78, 5) is 11.8. The van der Waals surface area contributed by atoms with E-state index in [1.807, 2.05) is 28.7 Å². The molecule has 0 aliphatic carbocycles. The van der Waals surface area contributed by atoms with Crippen molar-refractivity contribution in [3.05, 3.63) is 27.8 Å². The lowest BCUT2D eigenvalue weighted by Gasteiger charge is -2.24. The van der Waals surface area contributed by atoms with Gasteiger partial charge in [-0.25, -0.2) is 8.42 Å². The quantitative estimate of drug-likeness (QED) is 0.533. The van der Waals surface area contributed by atoms with Gasteiger partial charge >= 0.3 is 5.97 Å². The molecule has 7 heteroatoms. The Morgan fingerprint density at radius 1 is 1.35 bits per heavy atom. The molecule has 0 saturated carbocycles. The molecule has 20 heavy (non-hydrogen) atoms. The topological polar surface area (TPSA) is 63.7 Å². The zero-order chi connectivity index (χ0) is 15.3. The molecule has 0 atom stereocenters. The fourth-order valence-corrected chi connectivity index (χ4v) is 3.48. The highest BCUT2D eigenvalue weighted by Gasteiger charge is 2.25. The van der Waals surface area contributed by atoms with E-state index in [1.165, 1.54) is 0 Å². The van der Waals surface area contributed by atoms with E-state index in [1.54, 1.807) is 39.0 Å². The lowest BCUT2D eigenvalue weighted by molar-refractivity contribution is -0.145. The second-order valence-corrected chi connectivity index (χ2v) is 7.74. The van der Waals surface area contributed by atoms with Crippen molar-refractivity contribution in [3.8, 4) is 0 Å². The summed E-state index contributed by atoms with van der Waals surface area (Å²) in [6, 6.07) is 7.03. The first-order chi connectivity index (χ1) is 9.27. The van der Waals surface area contributed by atoms with E-state index < -0.39 is 16.0 Å². The van der Waals surface area contributed by atoms with Gasteiger partial charge < -0.3 is 4.74 Å². The molecule has 112 valence electrons. The molecule has 0 saturated heterocycles. The average Bonchev–Trinajstić information content (AvgIpc) is 2.36. The summed E-state index contributed by atoms with van der Waals surface area (Å²) in [7, 11) is -3.54. The average molecular weight is 411 g/mol. The van der Waals surface area contributed by atoms with Crippen LogP contribution < -0.4 is 4.31 Å². The molecule has 0 unspecified atom stereocenters. The maximum atomic E-state index is 12.2. The number of hydrogen-bond acceptors (Lipinski definition) is 4. The van der Waals surface area contributed by atoms with Crippen LogP contribution in [0, 0.1) is 3.57 Å². The van der Waals surface area contributed by atoms with E-state index >= 15 is 0 Å². The molecule has 0 radical (unpaired) electrons. The third-order valence-corrected chi connectivity index (χ3v) is 5.10. The number of nitrogens with zero attached hydrogens (tertiary/aromatic N) is 1. The molecule has 0 heterocycles. The molecule has 0 aromatic heterocycles. The van der Waals surface area contributed by atoms with Crippen LogP contribution in [-0.4, -0.2) is 32.8 Å². The molecule has 1 aromatic rings. The number of hydrogen-bond donors (Lipinski definition) is 0. The van der Waals surface area contributed by atoms with E-state index in [-0.39, 0.29) is 18.4 Å². The van der Waals surface area contributed by atoms with Crippen molar-refractivity contribution in [2.24, 2.45) is 0 Å². The molecular formula is C13H18INO4S. The summed E-state index contributed by atoms with van der Waals surface area (Å²) < 4.78 is 31.3. The predicted molar refractivity (Wildman–Crippen MR) is 87.2 cm³/mol. The summed E-state index contributed by atoms with van der Waals surface area (Å²) in [6.07, 6.45) is -0.275. The minimum atomic E-state index is -3.54. The first-order valence-electron chi connectivity index (χ1n) is 6.22. The zero-order valence-electron chi connectivity index (χ0n) is 11.7. The Balaban J connectivity index is 3.11. The van der Waals surface area contributed by atoms with Crippen LogP contribution in [0.4, 0.5) is 5.69 Å². The fraction of sp³-hybridized carbons (Fsp3) is 0.462. The Morgan fingerprint density at radius 3 is 2.45 bits per heavy atom. The lowest BCUT2D eigenvalue weighted by atomic mass is 10.3. The van der Waals surface area contributed by atoms with Crippen molar-refractivity contribution in [3.63, 3.8) is 0 Å². The molecule has 0 aliphatic rings. The van der Waals surface area contributed by atoms with Crippen molar-refractivity contribution in [2.45, 2.75) is 26.9 Å². The first-order valence-corrected chi connectivity index (χ1v) is 8.91. The van der Waals surface area contributed by atoms with Crippen molar-refractivity contribution in [1.82, 2.24) is 0 Å². The second kappa shape index (κ2) is 7.26. The van der Waals surface area contributed by atoms with Gasteiger partial charge in [-0.2, -0.15) is 0 Å². The van der Waals surface area contributed by atoms with Crippen LogP contribution in [0.2, 0.25) is 0 Å².